The zero-order valence-electron chi connectivity index (χ0n) is 11.9. The first-order chi connectivity index (χ1) is 10.2. The van der Waals surface area contributed by atoms with Crippen LogP contribution in [0.1, 0.15) is 23.7 Å². The Morgan fingerprint density at radius 2 is 1.71 bits per heavy atom. The number of aromatic hydroxyl groups is 1. The lowest BCUT2D eigenvalue weighted by atomic mass is 10.1. The second-order valence-electron chi connectivity index (χ2n) is 4.57. The number of carbonyl (C=O) groups excluding carboxylic acids is 1. The first-order valence-electron chi connectivity index (χ1n) is 6.82. The number of ketones is 1. The minimum Gasteiger partial charge on any atom is -0.507 e. The van der Waals surface area contributed by atoms with Gasteiger partial charge in [-0.15, -0.1) is 0 Å². The van der Waals surface area contributed by atoms with Gasteiger partial charge in [0.05, 0.1) is 13.2 Å². The van der Waals surface area contributed by atoms with Crippen LogP contribution in [0.2, 0.25) is 0 Å². The monoisotopic (exact) mass is 286 g/mol. The fourth-order valence-corrected chi connectivity index (χ4v) is 1.94. The molecular weight excluding hydrogens is 268 g/mol. The summed E-state index contributed by atoms with van der Waals surface area (Å²) in [6, 6.07) is 14.3. The van der Waals surface area contributed by atoms with Crippen molar-refractivity contribution in [2.75, 3.05) is 13.2 Å². The molecule has 4 nitrogen and oxygen atoms in total. The van der Waals surface area contributed by atoms with Crippen LogP contribution in [0.5, 0.6) is 17.2 Å². The van der Waals surface area contributed by atoms with Gasteiger partial charge in [0.25, 0.3) is 0 Å². The first kappa shape index (κ1) is 14.9. The first-order valence-corrected chi connectivity index (χ1v) is 6.82. The molecule has 0 amide bonds. The van der Waals surface area contributed by atoms with Crippen molar-refractivity contribution in [1.82, 2.24) is 0 Å². The normalized spacial score (nSPS) is 10.1. The summed E-state index contributed by atoms with van der Waals surface area (Å²) in [5.41, 5.74) is 0.224. The molecule has 0 radical (unpaired) electrons. The number of phenolic OH excluding ortho intramolecular Hbond substituents is 1. The van der Waals surface area contributed by atoms with Crippen molar-refractivity contribution in [3.63, 3.8) is 0 Å². The number of ether oxygens (including phenoxy) is 2. The Morgan fingerprint density at radius 1 is 1.00 bits per heavy atom. The molecule has 0 heterocycles. The molecule has 0 fully saturated rings. The summed E-state index contributed by atoms with van der Waals surface area (Å²) in [5, 5.41) is 9.69. The number of benzene rings is 2. The van der Waals surface area contributed by atoms with Gasteiger partial charge in [0, 0.05) is 6.42 Å². The van der Waals surface area contributed by atoms with E-state index in [0.29, 0.717) is 25.4 Å². The van der Waals surface area contributed by atoms with Gasteiger partial charge in [0.2, 0.25) is 0 Å². The summed E-state index contributed by atoms with van der Waals surface area (Å²) in [5.74, 6) is 0.950. The molecule has 0 aliphatic carbocycles. The fourth-order valence-electron chi connectivity index (χ4n) is 1.94. The van der Waals surface area contributed by atoms with E-state index in [1.54, 1.807) is 12.1 Å². The van der Waals surface area contributed by atoms with Crippen LogP contribution >= 0.6 is 0 Å². The van der Waals surface area contributed by atoms with E-state index in [1.807, 2.05) is 30.3 Å². The van der Waals surface area contributed by atoms with Gasteiger partial charge in [-0.25, -0.2) is 0 Å². The highest BCUT2D eigenvalue weighted by molar-refractivity contribution is 5.99. The molecular formula is C17H18O4. The summed E-state index contributed by atoms with van der Waals surface area (Å²) < 4.78 is 11.1. The summed E-state index contributed by atoms with van der Waals surface area (Å²) in [6.07, 6.45) is 0.682. The zero-order valence-corrected chi connectivity index (χ0v) is 11.9. The Labute approximate surface area is 123 Å². The van der Waals surface area contributed by atoms with Gasteiger partial charge in [-0.3, -0.25) is 4.79 Å². The van der Waals surface area contributed by atoms with Crippen molar-refractivity contribution < 1.29 is 19.4 Å². The number of phenols is 1. The van der Waals surface area contributed by atoms with Crippen LogP contribution in [0.15, 0.2) is 48.5 Å². The van der Waals surface area contributed by atoms with Gasteiger partial charge in [0.15, 0.2) is 5.78 Å². The second kappa shape index (κ2) is 7.33. The summed E-state index contributed by atoms with van der Waals surface area (Å²) in [7, 11) is 0. The highest BCUT2D eigenvalue weighted by atomic mass is 16.5. The van der Waals surface area contributed by atoms with Crippen molar-refractivity contribution in [3.8, 4) is 17.2 Å². The topological polar surface area (TPSA) is 55.8 Å². The van der Waals surface area contributed by atoms with Crippen molar-refractivity contribution in [2.45, 2.75) is 13.3 Å². The molecule has 1 N–H and O–H groups in total. The Bertz CT molecular complexity index is 593. The van der Waals surface area contributed by atoms with E-state index in [2.05, 4.69) is 0 Å². The molecule has 0 aromatic heterocycles. The maximum Gasteiger partial charge on any atom is 0.167 e. The van der Waals surface area contributed by atoms with E-state index in [-0.39, 0.29) is 17.1 Å². The van der Waals surface area contributed by atoms with Gasteiger partial charge in [-0.2, -0.15) is 0 Å². The number of hydrogen-bond donors (Lipinski definition) is 1. The predicted molar refractivity (Wildman–Crippen MR) is 80.2 cm³/mol. The van der Waals surface area contributed by atoms with Crippen LogP contribution in [0.4, 0.5) is 0 Å². The third kappa shape index (κ3) is 4.24. The highest BCUT2D eigenvalue weighted by Gasteiger charge is 2.13. The van der Waals surface area contributed by atoms with Crippen LogP contribution in [-0.4, -0.2) is 24.1 Å². The lowest BCUT2D eigenvalue weighted by Crippen LogP contribution is -2.07. The highest BCUT2D eigenvalue weighted by Crippen LogP contribution is 2.27. The smallest absolute Gasteiger partial charge is 0.167 e. The largest absolute Gasteiger partial charge is 0.507 e. The van der Waals surface area contributed by atoms with E-state index < -0.39 is 0 Å². The van der Waals surface area contributed by atoms with E-state index >= 15 is 0 Å². The van der Waals surface area contributed by atoms with Gasteiger partial charge >= 0.3 is 0 Å². The maximum atomic E-state index is 11.5. The number of rotatable bonds is 7. The van der Waals surface area contributed by atoms with Crippen LogP contribution in [0, 0.1) is 0 Å². The Kier molecular flexibility index (Phi) is 5.21. The average Bonchev–Trinajstić information content (AvgIpc) is 2.47. The van der Waals surface area contributed by atoms with Crippen molar-refractivity contribution in [3.05, 3.63) is 54.1 Å². The maximum absolute atomic E-state index is 11.5. The van der Waals surface area contributed by atoms with E-state index in [4.69, 9.17) is 9.47 Å². The number of para-hydroxylation sites is 1. The zero-order chi connectivity index (χ0) is 15.1. The molecule has 0 saturated carbocycles. The molecule has 0 aliphatic rings. The number of Topliss-reactive ketones (excluding diaryl/α,β-unsaturated/α-hetero) is 1. The van der Waals surface area contributed by atoms with Crippen molar-refractivity contribution in [1.29, 1.82) is 0 Å². The summed E-state index contributed by atoms with van der Waals surface area (Å²) in [4.78, 5) is 11.5. The molecule has 4 heteroatoms. The van der Waals surface area contributed by atoms with Crippen molar-refractivity contribution in [2.24, 2.45) is 0 Å². The second-order valence-corrected chi connectivity index (χ2v) is 4.57. The molecule has 21 heavy (non-hydrogen) atoms. The van der Waals surface area contributed by atoms with Crippen LogP contribution in [0.25, 0.3) is 0 Å². The Hall–Kier alpha value is -2.49. The third-order valence-corrected chi connectivity index (χ3v) is 2.91. The molecule has 2 aromatic rings. The van der Waals surface area contributed by atoms with Crippen LogP contribution in [-0.2, 0) is 0 Å². The van der Waals surface area contributed by atoms with Crippen LogP contribution < -0.4 is 9.47 Å². The quantitative estimate of drug-likeness (QED) is 0.625. The molecule has 0 unspecified atom stereocenters. The number of hydrogen-bond acceptors (Lipinski definition) is 4. The summed E-state index contributed by atoms with van der Waals surface area (Å²) in [6.45, 7) is 2.34. The minimum absolute atomic E-state index is 0.0551. The predicted octanol–water partition coefficient (Wildman–Crippen LogP) is 3.44. The minimum atomic E-state index is -0.219. The van der Waals surface area contributed by atoms with E-state index in [9.17, 15) is 9.90 Å². The molecule has 0 aliphatic heterocycles. The standard InChI is InChI=1S/C17H18O4/c1-13(18)17-15(19)9-5-10-16(17)21-12-6-11-20-14-7-3-2-4-8-14/h2-5,7-10,19H,6,11-12H2,1H3. The third-order valence-electron chi connectivity index (χ3n) is 2.91. The van der Waals surface area contributed by atoms with Crippen molar-refractivity contribution >= 4 is 5.78 Å². The van der Waals surface area contributed by atoms with E-state index in [0.717, 1.165) is 5.75 Å². The Balaban J connectivity index is 1.81. The SMILES string of the molecule is CC(=O)c1c(O)cccc1OCCCOc1ccccc1. The van der Waals surface area contributed by atoms with Gasteiger partial charge in [0.1, 0.15) is 22.8 Å². The van der Waals surface area contributed by atoms with Gasteiger partial charge in [-0.05, 0) is 31.2 Å². The lowest BCUT2D eigenvalue weighted by molar-refractivity contribution is 0.101. The molecule has 110 valence electrons. The number of carbonyl (C=O) groups is 1. The molecule has 2 aromatic carbocycles. The molecule has 0 saturated heterocycles. The van der Waals surface area contributed by atoms with E-state index in [1.165, 1.54) is 13.0 Å². The lowest BCUT2D eigenvalue weighted by Gasteiger charge is -2.11. The molecule has 2 rings (SSSR count). The van der Waals surface area contributed by atoms with Gasteiger partial charge < -0.3 is 14.6 Å². The Morgan fingerprint density at radius 3 is 2.43 bits per heavy atom. The molecule has 0 bridgehead atoms. The molecule has 0 atom stereocenters. The molecule has 0 spiro atoms. The summed E-state index contributed by atoms with van der Waals surface area (Å²) >= 11 is 0. The van der Waals surface area contributed by atoms with Crippen LogP contribution in [0.3, 0.4) is 0 Å². The average molecular weight is 286 g/mol. The van der Waals surface area contributed by atoms with Gasteiger partial charge in [-0.1, -0.05) is 24.3 Å². The fraction of sp³-hybridized carbons (Fsp3) is 0.235.